The van der Waals surface area contributed by atoms with E-state index < -0.39 is 0 Å². The first kappa shape index (κ1) is 15.8. The van der Waals surface area contributed by atoms with Gasteiger partial charge in [0.2, 0.25) is 5.91 Å². The molecule has 0 atom stereocenters. The zero-order chi connectivity index (χ0) is 17.4. The van der Waals surface area contributed by atoms with Crippen molar-refractivity contribution in [2.24, 2.45) is 0 Å². The first-order valence-corrected chi connectivity index (χ1v) is 8.33. The lowest BCUT2D eigenvalue weighted by Crippen LogP contribution is -2.48. The summed E-state index contributed by atoms with van der Waals surface area (Å²) in [7, 11) is 0. The summed E-state index contributed by atoms with van der Waals surface area (Å²) in [5, 5.41) is 4.68. The van der Waals surface area contributed by atoms with E-state index >= 15 is 0 Å². The highest BCUT2D eigenvalue weighted by Crippen LogP contribution is 2.22. The van der Waals surface area contributed by atoms with Gasteiger partial charge in [-0.2, -0.15) is 5.10 Å². The van der Waals surface area contributed by atoms with Crippen molar-refractivity contribution in [2.45, 2.75) is 6.92 Å². The third kappa shape index (κ3) is 3.00. The fraction of sp³-hybridized carbons (Fsp3) is 0.312. The van der Waals surface area contributed by atoms with Crippen molar-refractivity contribution in [3.8, 4) is 11.4 Å². The molecule has 4 heterocycles. The zero-order valence-corrected chi connectivity index (χ0v) is 14.4. The number of amides is 1. The van der Waals surface area contributed by atoms with Crippen LogP contribution >= 0.6 is 11.6 Å². The summed E-state index contributed by atoms with van der Waals surface area (Å²) in [6.45, 7) is 4.48. The van der Waals surface area contributed by atoms with Gasteiger partial charge < -0.3 is 9.80 Å². The molecule has 1 aliphatic rings. The Labute approximate surface area is 149 Å². The van der Waals surface area contributed by atoms with Crippen LogP contribution in [0.2, 0.25) is 5.15 Å². The molecule has 1 fully saturated rings. The summed E-state index contributed by atoms with van der Waals surface area (Å²) in [5.74, 6) is 0.932. The largest absolute Gasteiger partial charge is 0.353 e. The van der Waals surface area contributed by atoms with E-state index in [0.29, 0.717) is 23.9 Å². The molecular weight excluding hydrogens is 342 g/mol. The highest BCUT2D eigenvalue weighted by atomic mass is 35.5. The van der Waals surface area contributed by atoms with Crippen LogP contribution < -0.4 is 4.90 Å². The predicted octanol–water partition coefficient (Wildman–Crippen LogP) is 1.51. The molecule has 0 aliphatic carbocycles. The lowest BCUT2D eigenvalue weighted by molar-refractivity contribution is -0.129. The van der Waals surface area contributed by atoms with Gasteiger partial charge in [0.25, 0.3) is 0 Å². The number of piperazine rings is 1. The summed E-state index contributed by atoms with van der Waals surface area (Å²) in [4.78, 5) is 28.5. The Morgan fingerprint density at radius 2 is 1.92 bits per heavy atom. The van der Waals surface area contributed by atoms with E-state index in [-0.39, 0.29) is 5.91 Å². The van der Waals surface area contributed by atoms with Gasteiger partial charge in [-0.05, 0) is 12.1 Å². The van der Waals surface area contributed by atoms with Crippen LogP contribution in [0.15, 0.2) is 30.7 Å². The summed E-state index contributed by atoms with van der Waals surface area (Å²) in [6.07, 6.45) is 3.25. The fourth-order valence-electron chi connectivity index (χ4n) is 2.94. The number of nitrogens with zero attached hydrogens (tertiary/aromatic N) is 7. The normalized spacial score (nSPS) is 15.0. The number of fused-ring (bicyclic) bond motifs is 1. The molecule has 0 bridgehead atoms. The Bertz CT molecular complexity index is 933. The van der Waals surface area contributed by atoms with Crippen LogP contribution in [-0.2, 0) is 4.79 Å². The van der Waals surface area contributed by atoms with Gasteiger partial charge in [0.05, 0.1) is 11.9 Å². The van der Waals surface area contributed by atoms with Crippen LogP contribution in [0.1, 0.15) is 6.92 Å². The molecule has 3 aromatic heterocycles. The highest BCUT2D eigenvalue weighted by molar-refractivity contribution is 6.29. The highest BCUT2D eigenvalue weighted by Gasteiger charge is 2.20. The van der Waals surface area contributed by atoms with Gasteiger partial charge in [-0.15, -0.1) is 0 Å². The van der Waals surface area contributed by atoms with Gasteiger partial charge in [0, 0.05) is 39.2 Å². The first-order valence-electron chi connectivity index (χ1n) is 7.95. The predicted molar refractivity (Wildman–Crippen MR) is 93.5 cm³/mol. The molecule has 0 radical (unpaired) electrons. The summed E-state index contributed by atoms with van der Waals surface area (Å²) >= 11 is 5.99. The number of aromatic nitrogens is 5. The Hall–Kier alpha value is -2.74. The SMILES string of the molecule is CC(=O)N1CCN(c2cc(-c3cnc4ccc(Cl)nn34)ncn2)CC1. The average Bonchev–Trinajstić information content (AvgIpc) is 3.05. The lowest BCUT2D eigenvalue weighted by Gasteiger charge is -2.34. The van der Waals surface area contributed by atoms with Crippen LogP contribution in [0.5, 0.6) is 0 Å². The summed E-state index contributed by atoms with van der Waals surface area (Å²) in [5.41, 5.74) is 2.18. The van der Waals surface area contributed by atoms with Gasteiger partial charge >= 0.3 is 0 Å². The summed E-state index contributed by atoms with van der Waals surface area (Å²) in [6, 6.07) is 5.42. The second-order valence-electron chi connectivity index (χ2n) is 5.82. The molecule has 128 valence electrons. The molecule has 0 unspecified atom stereocenters. The van der Waals surface area contributed by atoms with E-state index in [1.54, 1.807) is 23.7 Å². The molecular formula is C16H16ClN7O. The molecule has 0 aromatic carbocycles. The quantitative estimate of drug-likeness (QED) is 0.691. The molecule has 4 rings (SSSR count). The Morgan fingerprint density at radius 1 is 1.12 bits per heavy atom. The van der Waals surface area contributed by atoms with E-state index in [9.17, 15) is 4.79 Å². The Balaban J connectivity index is 1.63. The minimum atomic E-state index is 0.108. The number of halogens is 1. The third-order valence-corrected chi connectivity index (χ3v) is 4.50. The second-order valence-corrected chi connectivity index (χ2v) is 6.21. The van der Waals surface area contributed by atoms with Crippen molar-refractivity contribution in [2.75, 3.05) is 31.1 Å². The topological polar surface area (TPSA) is 79.5 Å². The van der Waals surface area contributed by atoms with Gasteiger partial charge in [0.1, 0.15) is 23.0 Å². The molecule has 0 spiro atoms. The monoisotopic (exact) mass is 357 g/mol. The van der Waals surface area contributed by atoms with E-state index in [4.69, 9.17) is 11.6 Å². The van der Waals surface area contributed by atoms with Crippen LogP contribution in [0, 0.1) is 0 Å². The van der Waals surface area contributed by atoms with Gasteiger partial charge in [-0.1, -0.05) is 11.6 Å². The number of hydrogen-bond acceptors (Lipinski definition) is 6. The van der Waals surface area contributed by atoms with E-state index in [1.165, 1.54) is 6.33 Å². The van der Waals surface area contributed by atoms with Crippen molar-refractivity contribution in [3.63, 3.8) is 0 Å². The smallest absolute Gasteiger partial charge is 0.219 e. The zero-order valence-electron chi connectivity index (χ0n) is 13.6. The molecule has 25 heavy (non-hydrogen) atoms. The molecule has 1 aliphatic heterocycles. The Morgan fingerprint density at radius 3 is 2.68 bits per heavy atom. The minimum absolute atomic E-state index is 0.108. The molecule has 1 amide bonds. The van der Waals surface area contributed by atoms with E-state index in [2.05, 4.69) is 25.0 Å². The van der Waals surface area contributed by atoms with Crippen molar-refractivity contribution in [1.82, 2.24) is 29.5 Å². The van der Waals surface area contributed by atoms with E-state index in [1.807, 2.05) is 17.0 Å². The van der Waals surface area contributed by atoms with Crippen LogP contribution in [-0.4, -0.2) is 61.6 Å². The molecule has 0 saturated carbocycles. The van der Waals surface area contributed by atoms with Crippen molar-refractivity contribution >= 4 is 29.0 Å². The van der Waals surface area contributed by atoms with Crippen LogP contribution in [0.25, 0.3) is 17.0 Å². The maximum atomic E-state index is 11.5. The molecule has 3 aromatic rings. The van der Waals surface area contributed by atoms with Gasteiger partial charge in [-0.25, -0.2) is 19.5 Å². The number of rotatable bonds is 2. The number of carbonyl (C=O) groups excluding carboxylic acids is 1. The molecule has 0 N–H and O–H groups in total. The van der Waals surface area contributed by atoms with E-state index in [0.717, 1.165) is 30.3 Å². The lowest BCUT2D eigenvalue weighted by atomic mass is 10.2. The Kier molecular flexibility index (Phi) is 3.96. The van der Waals surface area contributed by atoms with Crippen molar-refractivity contribution in [1.29, 1.82) is 0 Å². The van der Waals surface area contributed by atoms with Gasteiger partial charge in [0.15, 0.2) is 5.65 Å². The van der Waals surface area contributed by atoms with Crippen molar-refractivity contribution < 1.29 is 4.79 Å². The second kappa shape index (κ2) is 6.29. The number of carbonyl (C=O) groups is 1. The van der Waals surface area contributed by atoms with Crippen LogP contribution in [0.3, 0.4) is 0 Å². The fourth-order valence-corrected chi connectivity index (χ4v) is 3.07. The van der Waals surface area contributed by atoms with Crippen LogP contribution in [0.4, 0.5) is 5.82 Å². The maximum Gasteiger partial charge on any atom is 0.219 e. The third-order valence-electron chi connectivity index (χ3n) is 4.29. The molecule has 9 heteroatoms. The molecule has 8 nitrogen and oxygen atoms in total. The first-order chi connectivity index (χ1) is 12.1. The average molecular weight is 358 g/mol. The number of anilines is 1. The molecule has 1 saturated heterocycles. The minimum Gasteiger partial charge on any atom is -0.353 e. The van der Waals surface area contributed by atoms with Gasteiger partial charge in [-0.3, -0.25) is 4.79 Å². The number of imidazole rings is 1. The van der Waals surface area contributed by atoms with Crippen molar-refractivity contribution in [3.05, 3.63) is 35.9 Å². The number of hydrogen-bond donors (Lipinski definition) is 0. The standard InChI is InChI=1S/C16H16ClN7O/c1-11(25)22-4-6-23(7-5-22)16-8-12(19-10-20-16)13-9-18-15-3-2-14(17)21-24(13)15/h2-3,8-10H,4-7H2,1H3. The summed E-state index contributed by atoms with van der Waals surface area (Å²) < 4.78 is 1.67. The maximum absolute atomic E-state index is 11.5.